The van der Waals surface area contributed by atoms with Crippen molar-refractivity contribution in [2.45, 2.75) is 55.9 Å². The summed E-state index contributed by atoms with van der Waals surface area (Å²) in [5.41, 5.74) is 5.90. The molecule has 11 heteroatoms. The van der Waals surface area contributed by atoms with Crippen LogP contribution in [-0.2, 0) is 0 Å². The maximum Gasteiger partial charge on any atom is 0.319 e. The fourth-order valence-electron chi connectivity index (χ4n) is 7.06. The second kappa shape index (κ2) is 9.38. The van der Waals surface area contributed by atoms with Crippen molar-refractivity contribution in [1.29, 1.82) is 0 Å². The summed E-state index contributed by atoms with van der Waals surface area (Å²) in [6.07, 6.45) is 3.50. The van der Waals surface area contributed by atoms with Crippen molar-refractivity contribution in [2.24, 2.45) is 0 Å². The molecule has 5 heterocycles. The molecule has 39 heavy (non-hydrogen) atoms. The molecule has 4 fully saturated rings. The molecule has 7 nitrogen and oxygen atoms in total. The number of aromatic nitrogens is 2. The van der Waals surface area contributed by atoms with Crippen LogP contribution < -0.4 is 20.7 Å². The minimum atomic E-state index is -0.887. The zero-order chi connectivity index (χ0) is 26.9. The molecule has 0 radical (unpaired) electrons. The van der Waals surface area contributed by atoms with Gasteiger partial charge < -0.3 is 20.7 Å². The fourth-order valence-corrected chi connectivity index (χ4v) is 7.27. The Hall–Kier alpha value is -2.82. The number of hydrogen-bond donors (Lipinski definition) is 2. The quantitative estimate of drug-likeness (QED) is 0.439. The smallest absolute Gasteiger partial charge is 0.319 e. The molecule has 1 aromatic heterocycles. The van der Waals surface area contributed by atoms with Crippen molar-refractivity contribution in [2.75, 3.05) is 43.4 Å². The zero-order valence-corrected chi connectivity index (χ0v) is 22.2. The zero-order valence-electron chi connectivity index (χ0n) is 21.4. The Balaban J connectivity index is 1.32. The van der Waals surface area contributed by atoms with Gasteiger partial charge in [0.2, 0.25) is 0 Å². The second-order valence-corrected chi connectivity index (χ2v) is 11.8. The topological polar surface area (TPSA) is 79.5 Å². The molecule has 0 amide bonds. The minimum absolute atomic E-state index is 0.0489. The number of nitrogens with one attached hydrogen (secondary N) is 1. The van der Waals surface area contributed by atoms with E-state index in [0.29, 0.717) is 36.3 Å². The average Bonchev–Trinajstić information content (AvgIpc) is 3.55. The lowest BCUT2D eigenvalue weighted by Crippen LogP contribution is -2.51. The molecule has 4 saturated heterocycles. The molecule has 4 aliphatic heterocycles. The van der Waals surface area contributed by atoms with Crippen LogP contribution in [0.4, 0.5) is 24.7 Å². The number of alkyl halides is 1. The van der Waals surface area contributed by atoms with Crippen LogP contribution in [0.1, 0.15) is 32.1 Å². The monoisotopic (exact) mass is 558 g/mol. The predicted molar refractivity (Wildman–Crippen MR) is 145 cm³/mol. The largest absolute Gasteiger partial charge is 0.461 e. The maximum atomic E-state index is 16.2. The van der Waals surface area contributed by atoms with Gasteiger partial charge >= 0.3 is 6.01 Å². The van der Waals surface area contributed by atoms with E-state index in [2.05, 4.69) is 20.1 Å². The van der Waals surface area contributed by atoms with Gasteiger partial charge in [-0.05, 0) is 50.4 Å². The number of halogens is 4. The van der Waals surface area contributed by atoms with Gasteiger partial charge in [0.15, 0.2) is 5.82 Å². The van der Waals surface area contributed by atoms with E-state index >= 15 is 4.39 Å². The number of ether oxygens (including phenoxy) is 1. The molecule has 0 saturated carbocycles. The van der Waals surface area contributed by atoms with Crippen LogP contribution in [0.5, 0.6) is 6.01 Å². The number of nitrogens with two attached hydrogens (primary N) is 1. The molecule has 4 aliphatic rings. The molecule has 0 unspecified atom stereocenters. The van der Waals surface area contributed by atoms with Crippen molar-refractivity contribution in [3.05, 3.63) is 40.9 Å². The summed E-state index contributed by atoms with van der Waals surface area (Å²) in [7, 11) is 0. The first-order chi connectivity index (χ1) is 18.8. The van der Waals surface area contributed by atoms with E-state index in [1.54, 1.807) is 12.1 Å². The van der Waals surface area contributed by atoms with Gasteiger partial charge in [-0.25, -0.2) is 13.2 Å². The standard InChI is InChI=1S/C28H30ClF3N6O/c29-23-21(8-16(33)9-22(23)31)19-4-5-20-25(24(19)32)35-27(36-26(20)37-12-17-2-3-18(13-37)34-17)39-14-28-6-1-7-38(28)11-15(30)10-28/h4-5,8-9,15,17-18,34H,1-3,6-7,10-14,33H2/t15-,17-,18+,28+/m1/s1. The number of piperazine rings is 1. The third-order valence-corrected chi connectivity index (χ3v) is 9.24. The third kappa shape index (κ3) is 4.28. The molecular weight excluding hydrogens is 529 g/mol. The molecule has 4 atom stereocenters. The number of benzene rings is 2. The highest BCUT2D eigenvalue weighted by atomic mass is 35.5. The highest BCUT2D eigenvalue weighted by Crippen LogP contribution is 2.42. The molecule has 7 rings (SSSR count). The first-order valence-electron chi connectivity index (χ1n) is 13.6. The summed E-state index contributed by atoms with van der Waals surface area (Å²) in [4.78, 5) is 13.6. The molecule has 2 bridgehead atoms. The van der Waals surface area contributed by atoms with Crippen LogP contribution in [0.3, 0.4) is 0 Å². The van der Waals surface area contributed by atoms with Crippen LogP contribution in [0.15, 0.2) is 24.3 Å². The number of nitrogen functional groups attached to an aromatic ring is 1. The Morgan fingerprint density at radius 2 is 1.90 bits per heavy atom. The van der Waals surface area contributed by atoms with Gasteiger partial charge in [-0.15, -0.1) is 0 Å². The fraction of sp³-hybridized carbons (Fsp3) is 0.500. The SMILES string of the molecule is Nc1cc(F)c(Cl)c(-c2ccc3c(N4C[C@H]5CC[C@@H](C4)N5)nc(OC[C@@]45CCCN4C[C@H](F)C5)nc3c2F)c1. The van der Waals surface area contributed by atoms with Crippen molar-refractivity contribution < 1.29 is 17.9 Å². The van der Waals surface area contributed by atoms with E-state index in [0.717, 1.165) is 51.4 Å². The molecule has 3 N–H and O–H groups in total. The molecule has 206 valence electrons. The average molecular weight is 559 g/mol. The highest BCUT2D eigenvalue weighted by Gasteiger charge is 2.49. The Morgan fingerprint density at radius 3 is 2.69 bits per heavy atom. The van der Waals surface area contributed by atoms with E-state index < -0.39 is 17.8 Å². The van der Waals surface area contributed by atoms with Gasteiger partial charge in [0, 0.05) is 60.3 Å². The Kier molecular flexibility index (Phi) is 6.06. The normalized spacial score (nSPS) is 28.4. The lowest BCUT2D eigenvalue weighted by Gasteiger charge is -2.34. The molecule has 0 aliphatic carbocycles. The van der Waals surface area contributed by atoms with Crippen LogP contribution >= 0.6 is 11.6 Å². The first kappa shape index (κ1) is 25.2. The summed E-state index contributed by atoms with van der Waals surface area (Å²) in [5, 5.41) is 3.93. The first-order valence-corrected chi connectivity index (χ1v) is 14.0. The highest BCUT2D eigenvalue weighted by molar-refractivity contribution is 6.33. The van der Waals surface area contributed by atoms with E-state index in [1.807, 2.05) is 0 Å². The van der Waals surface area contributed by atoms with E-state index in [1.165, 1.54) is 6.07 Å². The van der Waals surface area contributed by atoms with Crippen molar-refractivity contribution >= 4 is 34.0 Å². The molecule has 2 aromatic carbocycles. The number of nitrogens with zero attached hydrogens (tertiary/aromatic N) is 4. The lowest BCUT2D eigenvalue weighted by molar-refractivity contribution is 0.107. The van der Waals surface area contributed by atoms with Gasteiger partial charge in [0.1, 0.15) is 29.9 Å². The van der Waals surface area contributed by atoms with Crippen molar-refractivity contribution in [3.63, 3.8) is 0 Å². The maximum absolute atomic E-state index is 16.2. The van der Waals surface area contributed by atoms with E-state index in [-0.39, 0.29) is 45.5 Å². The Morgan fingerprint density at radius 1 is 1.10 bits per heavy atom. The molecule has 0 spiro atoms. The predicted octanol–water partition coefficient (Wildman–Crippen LogP) is 4.71. The van der Waals surface area contributed by atoms with E-state index in [9.17, 15) is 8.78 Å². The summed E-state index contributed by atoms with van der Waals surface area (Å²) in [5.74, 6) is -0.784. The minimum Gasteiger partial charge on any atom is -0.461 e. The number of fused-ring (bicyclic) bond motifs is 4. The van der Waals surface area contributed by atoms with Gasteiger partial charge in [-0.1, -0.05) is 17.7 Å². The van der Waals surface area contributed by atoms with Crippen molar-refractivity contribution in [1.82, 2.24) is 20.2 Å². The van der Waals surface area contributed by atoms with Crippen molar-refractivity contribution in [3.8, 4) is 17.1 Å². The Bertz CT molecular complexity index is 1450. The second-order valence-electron chi connectivity index (χ2n) is 11.4. The summed E-state index contributed by atoms with van der Waals surface area (Å²) >= 11 is 6.23. The summed E-state index contributed by atoms with van der Waals surface area (Å²) in [6.45, 7) is 2.95. The summed E-state index contributed by atoms with van der Waals surface area (Å²) < 4.78 is 51.1. The van der Waals surface area contributed by atoms with Crippen LogP contribution in [0, 0.1) is 11.6 Å². The molecular formula is C28H30ClF3N6O. The van der Waals surface area contributed by atoms with Gasteiger partial charge in [0.05, 0.1) is 10.6 Å². The van der Waals surface area contributed by atoms with Crippen LogP contribution in [-0.4, -0.2) is 71.4 Å². The lowest BCUT2D eigenvalue weighted by atomic mass is 9.95. The third-order valence-electron chi connectivity index (χ3n) is 8.85. The van der Waals surface area contributed by atoms with Crippen LogP contribution in [0.25, 0.3) is 22.0 Å². The van der Waals surface area contributed by atoms with E-state index in [4.69, 9.17) is 27.1 Å². The van der Waals surface area contributed by atoms with Crippen LogP contribution in [0.2, 0.25) is 5.02 Å². The number of hydrogen-bond acceptors (Lipinski definition) is 7. The number of anilines is 2. The molecule has 3 aromatic rings. The van der Waals surface area contributed by atoms with Gasteiger partial charge in [0.25, 0.3) is 0 Å². The number of rotatable bonds is 5. The van der Waals surface area contributed by atoms with Gasteiger partial charge in [-0.3, -0.25) is 4.90 Å². The Labute approximate surface area is 229 Å². The van der Waals surface area contributed by atoms with Gasteiger partial charge in [-0.2, -0.15) is 9.97 Å². The summed E-state index contributed by atoms with van der Waals surface area (Å²) in [6, 6.07) is 6.59.